The summed E-state index contributed by atoms with van der Waals surface area (Å²) >= 11 is 1.80. The zero-order valence-corrected chi connectivity index (χ0v) is 8.64. The van der Waals surface area contributed by atoms with Gasteiger partial charge in [0.1, 0.15) is 5.78 Å². The summed E-state index contributed by atoms with van der Waals surface area (Å²) in [7, 11) is 0. The van der Waals surface area contributed by atoms with Gasteiger partial charge in [-0.15, -0.1) is 11.3 Å². The fraction of sp³-hybridized carbons (Fsp3) is 0.545. The van der Waals surface area contributed by atoms with Crippen LogP contribution in [-0.4, -0.2) is 5.78 Å². The lowest BCUT2D eigenvalue weighted by atomic mass is 9.94. The molecule has 0 spiro atoms. The first-order chi connectivity index (χ1) is 6.27. The van der Waals surface area contributed by atoms with E-state index in [2.05, 4.69) is 24.4 Å². The lowest BCUT2D eigenvalue weighted by Gasteiger charge is -2.11. The van der Waals surface area contributed by atoms with Crippen molar-refractivity contribution < 1.29 is 4.79 Å². The molecule has 1 heterocycles. The summed E-state index contributed by atoms with van der Waals surface area (Å²) < 4.78 is 0. The number of thiophene rings is 1. The standard InChI is InChI=1S/C11H14OS/c1-8-9(4-5-11(8)12)7-10-3-2-6-13-10/h2-3,6,8-9H,4-5,7H2,1H3. The van der Waals surface area contributed by atoms with E-state index in [-0.39, 0.29) is 0 Å². The highest BCUT2D eigenvalue weighted by Crippen LogP contribution is 2.32. The zero-order valence-electron chi connectivity index (χ0n) is 7.82. The molecule has 0 aliphatic heterocycles. The van der Waals surface area contributed by atoms with Crippen LogP contribution in [-0.2, 0) is 11.2 Å². The number of ketones is 1. The molecule has 0 aromatic carbocycles. The van der Waals surface area contributed by atoms with Crippen molar-refractivity contribution in [2.24, 2.45) is 11.8 Å². The Labute approximate surface area is 82.8 Å². The number of rotatable bonds is 2. The second kappa shape index (κ2) is 3.62. The summed E-state index contributed by atoms with van der Waals surface area (Å²) in [5, 5.41) is 2.11. The number of carbonyl (C=O) groups is 1. The van der Waals surface area contributed by atoms with Crippen LogP contribution in [0.2, 0.25) is 0 Å². The predicted octanol–water partition coefficient (Wildman–Crippen LogP) is 2.91. The summed E-state index contributed by atoms with van der Waals surface area (Å²) in [6.07, 6.45) is 3.00. The molecule has 2 atom stereocenters. The van der Waals surface area contributed by atoms with Gasteiger partial charge in [-0.1, -0.05) is 13.0 Å². The van der Waals surface area contributed by atoms with Gasteiger partial charge in [-0.2, -0.15) is 0 Å². The molecule has 0 N–H and O–H groups in total. The minimum absolute atomic E-state index is 0.294. The van der Waals surface area contributed by atoms with Crippen LogP contribution in [0, 0.1) is 11.8 Å². The second-order valence-electron chi connectivity index (χ2n) is 3.84. The van der Waals surface area contributed by atoms with Gasteiger partial charge in [0.15, 0.2) is 0 Å². The Bertz CT molecular complexity index is 289. The number of hydrogen-bond acceptors (Lipinski definition) is 2. The van der Waals surface area contributed by atoms with E-state index in [0.29, 0.717) is 17.6 Å². The molecular weight excluding hydrogens is 180 g/mol. The van der Waals surface area contributed by atoms with Crippen molar-refractivity contribution in [2.75, 3.05) is 0 Å². The molecule has 70 valence electrons. The summed E-state index contributed by atoms with van der Waals surface area (Å²) in [5.41, 5.74) is 0. The van der Waals surface area contributed by atoms with Crippen molar-refractivity contribution in [3.8, 4) is 0 Å². The van der Waals surface area contributed by atoms with Gasteiger partial charge in [0, 0.05) is 17.2 Å². The van der Waals surface area contributed by atoms with Crippen molar-refractivity contribution in [1.82, 2.24) is 0 Å². The van der Waals surface area contributed by atoms with Crippen molar-refractivity contribution in [3.05, 3.63) is 22.4 Å². The largest absolute Gasteiger partial charge is 0.299 e. The highest BCUT2D eigenvalue weighted by atomic mass is 32.1. The lowest BCUT2D eigenvalue weighted by molar-refractivity contribution is -0.120. The number of carbonyl (C=O) groups excluding carboxylic acids is 1. The van der Waals surface area contributed by atoms with Crippen molar-refractivity contribution >= 4 is 17.1 Å². The van der Waals surface area contributed by atoms with E-state index >= 15 is 0 Å². The Hall–Kier alpha value is -0.630. The van der Waals surface area contributed by atoms with Gasteiger partial charge in [-0.25, -0.2) is 0 Å². The summed E-state index contributed by atoms with van der Waals surface area (Å²) in [6, 6.07) is 4.25. The first-order valence-corrected chi connectivity index (χ1v) is 5.70. The number of Topliss-reactive ketones (excluding diaryl/α,β-unsaturated/α-hetero) is 1. The van der Waals surface area contributed by atoms with E-state index in [0.717, 1.165) is 19.3 Å². The molecule has 1 fully saturated rings. The fourth-order valence-electron chi connectivity index (χ4n) is 2.03. The Kier molecular flexibility index (Phi) is 2.49. The molecule has 1 aromatic rings. The van der Waals surface area contributed by atoms with Crippen LogP contribution in [0.15, 0.2) is 17.5 Å². The van der Waals surface area contributed by atoms with Crippen LogP contribution in [0.4, 0.5) is 0 Å². The van der Waals surface area contributed by atoms with Crippen LogP contribution in [0.1, 0.15) is 24.6 Å². The Balaban J connectivity index is 2.00. The topological polar surface area (TPSA) is 17.1 Å². The van der Waals surface area contributed by atoms with Crippen molar-refractivity contribution in [1.29, 1.82) is 0 Å². The normalized spacial score (nSPS) is 28.2. The third kappa shape index (κ3) is 1.83. The third-order valence-electron chi connectivity index (χ3n) is 3.02. The maximum Gasteiger partial charge on any atom is 0.136 e. The van der Waals surface area contributed by atoms with Crippen LogP contribution < -0.4 is 0 Å². The Morgan fingerprint density at radius 3 is 3.00 bits per heavy atom. The first kappa shape index (κ1) is 8.95. The molecule has 2 heteroatoms. The van der Waals surface area contributed by atoms with Crippen LogP contribution in [0.25, 0.3) is 0 Å². The minimum Gasteiger partial charge on any atom is -0.299 e. The SMILES string of the molecule is CC1C(=O)CCC1Cc1cccs1. The van der Waals surface area contributed by atoms with Gasteiger partial charge in [0.25, 0.3) is 0 Å². The fourth-order valence-corrected chi connectivity index (χ4v) is 2.83. The molecule has 2 unspecified atom stereocenters. The number of hydrogen-bond donors (Lipinski definition) is 0. The maximum atomic E-state index is 11.3. The molecule has 0 radical (unpaired) electrons. The van der Waals surface area contributed by atoms with E-state index in [9.17, 15) is 4.79 Å². The lowest BCUT2D eigenvalue weighted by Crippen LogP contribution is -2.12. The molecule has 1 aliphatic rings. The van der Waals surface area contributed by atoms with Gasteiger partial charge in [-0.05, 0) is 30.2 Å². The van der Waals surface area contributed by atoms with E-state index < -0.39 is 0 Å². The van der Waals surface area contributed by atoms with Crippen LogP contribution >= 0.6 is 11.3 Å². The predicted molar refractivity (Wildman–Crippen MR) is 54.9 cm³/mol. The van der Waals surface area contributed by atoms with Gasteiger partial charge in [-0.3, -0.25) is 4.79 Å². The van der Waals surface area contributed by atoms with E-state index in [1.807, 2.05) is 0 Å². The summed E-state index contributed by atoms with van der Waals surface area (Å²) in [6.45, 7) is 2.08. The van der Waals surface area contributed by atoms with Gasteiger partial charge < -0.3 is 0 Å². The molecule has 1 aromatic heterocycles. The smallest absolute Gasteiger partial charge is 0.136 e. The Morgan fingerprint density at radius 2 is 2.46 bits per heavy atom. The minimum atomic E-state index is 0.294. The molecule has 1 saturated carbocycles. The van der Waals surface area contributed by atoms with E-state index in [1.54, 1.807) is 11.3 Å². The summed E-state index contributed by atoms with van der Waals surface area (Å²) in [5.74, 6) is 1.36. The first-order valence-electron chi connectivity index (χ1n) is 4.82. The molecule has 0 saturated heterocycles. The monoisotopic (exact) mass is 194 g/mol. The maximum absolute atomic E-state index is 11.3. The molecule has 0 amide bonds. The molecule has 13 heavy (non-hydrogen) atoms. The Morgan fingerprint density at radius 1 is 1.62 bits per heavy atom. The van der Waals surface area contributed by atoms with Crippen LogP contribution in [0.3, 0.4) is 0 Å². The van der Waals surface area contributed by atoms with Gasteiger partial charge in [0.05, 0.1) is 0 Å². The van der Waals surface area contributed by atoms with Gasteiger partial charge in [0.2, 0.25) is 0 Å². The van der Waals surface area contributed by atoms with E-state index in [1.165, 1.54) is 4.88 Å². The molecule has 1 nitrogen and oxygen atoms in total. The van der Waals surface area contributed by atoms with Crippen molar-refractivity contribution in [2.45, 2.75) is 26.2 Å². The highest BCUT2D eigenvalue weighted by molar-refractivity contribution is 7.09. The molecular formula is C11H14OS. The quantitative estimate of drug-likeness (QED) is 0.707. The molecule has 1 aliphatic carbocycles. The zero-order chi connectivity index (χ0) is 9.26. The third-order valence-corrected chi connectivity index (χ3v) is 3.92. The summed E-state index contributed by atoms with van der Waals surface area (Å²) in [4.78, 5) is 12.7. The highest BCUT2D eigenvalue weighted by Gasteiger charge is 2.30. The average Bonchev–Trinajstić information content (AvgIpc) is 2.71. The molecule has 0 bridgehead atoms. The van der Waals surface area contributed by atoms with Gasteiger partial charge >= 0.3 is 0 Å². The molecule has 2 rings (SSSR count). The second-order valence-corrected chi connectivity index (χ2v) is 4.87. The van der Waals surface area contributed by atoms with Crippen LogP contribution in [0.5, 0.6) is 0 Å². The average molecular weight is 194 g/mol. The van der Waals surface area contributed by atoms with Crippen molar-refractivity contribution in [3.63, 3.8) is 0 Å². The van der Waals surface area contributed by atoms with E-state index in [4.69, 9.17) is 0 Å².